The van der Waals surface area contributed by atoms with Gasteiger partial charge in [-0.05, 0) is 26.2 Å². The molecule has 0 bridgehead atoms. The Morgan fingerprint density at radius 3 is 2.88 bits per heavy atom. The van der Waals surface area contributed by atoms with Gasteiger partial charge in [-0.3, -0.25) is 4.68 Å². The monoisotopic (exact) mass is 358 g/mol. The van der Waals surface area contributed by atoms with Crippen molar-refractivity contribution in [3.8, 4) is 0 Å². The molecule has 1 unspecified atom stereocenters. The molecule has 1 aliphatic rings. The average molecular weight is 358 g/mol. The molecule has 1 aliphatic heterocycles. The molecule has 0 fully saturated rings. The molecule has 0 saturated heterocycles. The number of hydrogen-bond acceptors (Lipinski definition) is 4. The van der Waals surface area contributed by atoms with Crippen molar-refractivity contribution >= 4 is 5.96 Å². The number of aromatic nitrogens is 5. The Hall–Kier alpha value is -2.38. The highest BCUT2D eigenvalue weighted by Gasteiger charge is 2.21. The van der Waals surface area contributed by atoms with E-state index in [1.165, 1.54) is 11.3 Å². The van der Waals surface area contributed by atoms with Crippen LogP contribution in [-0.2, 0) is 39.4 Å². The lowest BCUT2D eigenvalue weighted by Gasteiger charge is -2.25. The molecule has 3 rings (SSSR count). The molecule has 2 N–H and O–H groups in total. The van der Waals surface area contributed by atoms with Crippen LogP contribution in [0, 0.1) is 0 Å². The maximum atomic E-state index is 4.85. The van der Waals surface area contributed by atoms with Crippen molar-refractivity contribution in [2.75, 3.05) is 6.54 Å². The number of aliphatic imine (C=N–C) groups is 1. The molecule has 1 atom stereocenters. The fourth-order valence-corrected chi connectivity index (χ4v) is 3.60. The molecule has 0 radical (unpaired) electrons. The lowest BCUT2D eigenvalue weighted by molar-refractivity contribution is 0.392. The summed E-state index contributed by atoms with van der Waals surface area (Å²) in [6.07, 6.45) is 5.52. The SMILES string of the molecule is CCNC(=NCc1c(CC)nn(C)c1CC)NC1CCc2ncnn2C1. The van der Waals surface area contributed by atoms with Crippen LogP contribution in [0.3, 0.4) is 0 Å². The lowest BCUT2D eigenvalue weighted by Crippen LogP contribution is -2.47. The molecule has 0 aliphatic carbocycles. The van der Waals surface area contributed by atoms with E-state index in [0.29, 0.717) is 12.6 Å². The summed E-state index contributed by atoms with van der Waals surface area (Å²) < 4.78 is 3.98. The molecule has 0 spiro atoms. The predicted octanol–water partition coefficient (Wildman–Crippen LogP) is 1.21. The molecule has 26 heavy (non-hydrogen) atoms. The summed E-state index contributed by atoms with van der Waals surface area (Å²) in [5.41, 5.74) is 3.68. The Labute approximate surface area is 155 Å². The van der Waals surface area contributed by atoms with Gasteiger partial charge >= 0.3 is 0 Å². The minimum absolute atomic E-state index is 0.312. The third-order valence-corrected chi connectivity index (χ3v) is 4.91. The second-order valence-corrected chi connectivity index (χ2v) is 6.64. The zero-order valence-corrected chi connectivity index (χ0v) is 16.3. The van der Waals surface area contributed by atoms with E-state index >= 15 is 0 Å². The number of hydrogen-bond donors (Lipinski definition) is 2. The average Bonchev–Trinajstić information content (AvgIpc) is 3.22. The van der Waals surface area contributed by atoms with E-state index in [4.69, 9.17) is 4.99 Å². The normalized spacial score (nSPS) is 17.2. The van der Waals surface area contributed by atoms with Gasteiger partial charge in [-0.2, -0.15) is 10.2 Å². The molecule has 142 valence electrons. The lowest BCUT2D eigenvalue weighted by atomic mass is 10.1. The summed E-state index contributed by atoms with van der Waals surface area (Å²) in [6, 6.07) is 0.312. The summed E-state index contributed by atoms with van der Waals surface area (Å²) in [4.78, 5) is 9.14. The second-order valence-electron chi connectivity index (χ2n) is 6.64. The number of guanidine groups is 1. The Balaban J connectivity index is 1.72. The van der Waals surface area contributed by atoms with E-state index in [9.17, 15) is 0 Å². The van der Waals surface area contributed by atoms with Crippen molar-refractivity contribution in [2.45, 2.75) is 65.6 Å². The highest BCUT2D eigenvalue weighted by Crippen LogP contribution is 2.17. The first kappa shape index (κ1) is 18.4. The van der Waals surface area contributed by atoms with Gasteiger partial charge in [-0.25, -0.2) is 14.7 Å². The van der Waals surface area contributed by atoms with E-state index < -0.39 is 0 Å². The molecule has 0 aromatic carbocycles. The molecule has 2 aromatic heterocycles. The number of nitrogens with zero attached hydrogens (tertiary/aromatic N) is 6. The fraction of sp³-hybridized carbons (Fsp3) is 0.667. The van der Waals surface area contributed by atoms with Gasteiger partial charge < -0.3 is 10.6 Å². The number of fused-ring (bicyclic) bond motifs is 1. The van der Waals surface area contributed by atoms with E-state index in [-0.39, 0.29) is 0 Å². The van der Waals surface area contributed by atoms with Gasteiger partial charge in [0.1, 0.15) is 12.2 Å². The largest absolute Gasteiger partial charge is 0.357 e. The summed E-state index contributed by atoms with van der Waals surface area (Å²) in [7, 11) is 2.02. The van der Waals surface area contributed by atoms with Crippen molar-refractivity contribution in [3.63, 3.8) is 0 Å². The number of rotatable bonds is 6. The zero-order chi connectivity index (χ0) is 18.5. The van der Waals surface area contributed by atoms with Crippen molar-refractivity contribution < 1.29 is 0 Å². The van der Waals surface area contributed by atoms with Gasteiger partial charge in [0.15, 0.2) is 5.96 Å². The molecule has 8 nitrogen and oxygen atoms in total. The van der Waals surface area contributed by atoms with Crippen molar-refractivity contribution in [1.82, 2.24) is 35.2 Å². The van der Waals surface area contributed by atoms with Crippen LogP contribution in [0.25, 0.3) is 0 Å². The highest BCUT2D eigenvalue weighted by molar-refractivity contribution is 5.80. The van der Waals surface area contributed by atoms with Crippen molar-refractivity contribution in [3.05, 3.63) is 29.1 Å². The molecule has 8 heteroatoms. The third-order valence-electron chi connectivity index (χ3n) is 4.91. The van der Waals surface area contributed by atoms with Crippen LogP contribution in [-0.4, -0.2) is 43.1 Å². The quantitative estimate of drug-likeness (QED) is 0.599. The Morgan fingerprint density at radius 2 is 2.15 bits per heavy atom. The Bertz CT molecular complexity index is 757. The molecule has 3 heterocycles. The van der Waals surface area contributed by atoms with Crippen LogP contribution >= 0.6 is 0 Å². The smallest absolute Gasteiger partial charge is 0.191 e. The van der Waals surface area contributed by atoms with Crippen LogP contribution in [0.2, 0.25) is 0 Å². The Kier molecular flexibility index (Phi) is 5.90. The van der Waals surface area contributed by atoms with Crippen LogP contribution < -0.4 is 10.6 Å². The van der Waals surface area contributed by atoms with E-state index in [0.717, 1.165) is 56.3 Å². The minimum atomic E-state index is 0.312. The van der Waals surface area contributed by atoms with Crippen LogP contribution in [0.4, 0.5) is 0 Å². The first-order valence-corrected chi connectivity index (χ1v) is 9.61. The Morgan fingerprint density at radius 1 is 1.31 bits per heavy atom. The number of aryl methyl sites for hydroxylation is 3. The maximum absolute atomic E-state index is 4.85. The van der Waals surface area contributed by atoms with Crippen molar-refractivity contribution in [1.29, 1.82) is 0 Å². The molecular weight excluding hydrogens is 328 g/mol. The predicted molar refractivity (Wildman–Crippen MR) is 102 cm³/mol. The third kappa shape index (κ3) is 3.89. The minimum Gasteiger partial charge on any atom is -0.357 e. The summed E-state index contributed by atoms with van der Waals surface area (Å²) in [6.45, 7) is 8.72. The summed E-state index contributed by atoms with van der Waals surface area (Å²) in [5, 5.41) is 15.9. The van der Waals surface area contributed by atoms with Crippen LogP contribution in [0.1, 0.15) is 50.0 Å². The second kappa shape index (κ2) is 8.33. The summed E-state index contributed by atoms with van der Waals surface area (Å²) in [5.74, 6) is 1.93. The fourth-order valence-electron chi connectivity index (χ4n) is 3.60. The van der Waals surface area contributed by atoms with E-state index in [1.54, 1.807) is 6.33 Å². The summed E-state index contributed by atoms with van der Waals surface area (Å²) >= 11 is 0. The first-order valence-electron chi connectivity index (χ1n) is 9.61. The van der Waals surface area contributed by atoms with Gasteiger partial charge in [0.2, 0.25) is 0 Å². The molecule has 2 aromatic rings. The zero-order valence-electron chi connectivity index (χ0n) is 16.3. The number of nitrogens with one attached hydrogen (secondary N) is 2. The van der Waals surface area contributed by atoms with Gasteiger partial charge in [-0.15, -0.1) is 0 Å². The molecule has 0 amide bonds. The van der Waals surface area contributed by atoms with E-state index in [1.807, 2.05) is 16.4 Å². The topological polar surface area (TPSA) is 84.9 Å². The van der Waals surface area contributed by atoms with Gasteiger partial charge in [0.25, 0.3) is 0 Å². The van der Waals surface area contributed by atoms with Crippen LogP contribution in [0.5, 0.6) is 0 Å². The maximum Gasteiger partial charge on any atom is 0.191 e. The van der Waals surface area contributed by atoms with Crippen LogP contribution in [0.15, 0.2) is 11.3 Å². The van der Waals surface area contributed by atoms with Gasteiger partial charge in [0, 0.05) is 37.3 Å². The standard InChI is InChI=1S/C18H30N8/c1-5-15-14(16(6-2)25(4)24-15)10-20-18(19-7-3)23-13-8-9-17-21-12-22-26(17)11-13/h12-13H,5-11H2,1-4H3,(H2,19,20,23). The van der Waals surface area contributed by atoms with E-state index in [2.05, 4.69) is 46.6 Å². The van der Waals surface area contributed by atoms with Gasteiger partial charge in [-0.1, -0.05) is 13.8 Å². The molecular formula is C18H30N8. The van der Waals surface area contributed by atoms with Crippen molar-refractivity contribution in [2.24, 2.45) is 12.0 Å². The first-order chi connectivity index (χ1) is 12.7. The molecule has 0 saturated carbocycles. The highest BCUT2D eigenvalue weighted by atomic mass is 15.4. The van der Waals surface area contributed by atoms with Gasteiger partial charge in [0.05, 0.1) is 18.8 Å².